The molecule has 0 saturated heterocycles. The second-order valence-corrected chi connectivity index (χ2v) is 10.7. The molecule has 0 aliphatic heterocycles. The lowest BCUT2D eigenvalue weighted by Crippen LogP contribution is -2.18. The average Bonchev–Trinajstić information content (AvgIpc) is 3.69. The Bertz CT molecular complexity index is 1860. The predicted molar refractivity (Wildman–Crippen MR) is 155 cm³/mol. The zero-order valence-electron chi connectivity index (χ0n) is 21.8. The van der Waals surface area contributed by atoms with E-state index in [1.807, 2.05) is 12.1 Å². The first-order valence-corrected chi connectivity index (χ1v) is 13.8. The fourth-order valence-corrected chi connectivity index (χ4v) is 5.55. The molecule has 0 spiro atoms. The number of benzene rings is 1. The second kappa shape index (κ2) is 10.6. The van der Waals surface area contributed by atoms with Gasteiger partial charge in [-0.2, -0.15) is 5.10 Å². The number of ketones is 1. The van der Waals surface area contributed by atoms with Crippen LogP contribution < -0.4 is 5.32 Å². The van der Waals surface area contributed by atoms with E-state index in [1.165, 1.54) is 24.3 Å². The van der Waals surface area contributed by atoms with E-state index in [-0.39, 0.29) is 5.78 Å². The molecule has 4 N–H and O–H groups in total. The number of aliphatic hydroxyl groups is 1. The van der Waals surface area contributed by atoms with Crippen LogP contribution in [-0.4, -0.2) is 47.3 Å². The number of aromatic nitrogens is 6. The van der Waals surface area contributed by atoms with Crippen molar-refractivity contribution in [2.24, 2.45) is 0 Å². The van der Waals surface area contributed by atoms with Crippen molar-refractivity contribution in [1.29, 1.82) is 0 Å². The Hall–Kier alpha value is -4.48. The highest BCUT2D eigenvalue weighted by Crippen LogP contribution is 2.35. The van der Waals surface area contributed by atoms with Gasteiger partial charge in [-0.3, -0.25) is 19.9 Å². The Labute approximate surface area is 232 Å². The van der Waals surface area contributed by atoms with E-state index in [0.717, 1.165) is 23.2 Å². The standard InChI is InChI=1S/C29H26FN7O2S/c1-3-4-5-25(39)33-17-10-16(13-31-14-17)18-11-19-22(12-20(18)30)36-37-26(19)29-34-21-8-9-32-28(27(21)35-29)24-7-6-23(40-24)15(2)38/h6-14,25,33,39H,3-5H2,1-2H3,(H,34,35)(H,36,37). The van der Waals surface area contributed by atoms with Gasteiger partial charge >= 0.3 is 0 Å². The van der Waals surface area contributed by atoms with E-state index < -0.39 is 12.0 Å². The van der Waals surface area contributed by atoms with Gasteiger partial charge in [0, 0.05) is 35.0 Å². The van der Waals surface area contributed by atoms with Crippen LogP contribution in [0.4, 0.5) is 10.1 Å². The van der Waals surface area contributed by atoms with E-state index in [1.54, 1.807) is 36.8 Å². The van der Waals surface area contributed by atoms with Crippen molar-refractivity contribution in [3.05, 3.63) is 65.7 Å². The van der Waals surface area contributed by atoms with Crippen molar-refractivity contribution in [3.63, 3.8) is 0 Å². The molecule has 0 saturated carbocycles. The van der Waals surface area contributed by atoms with Gasteiger partial charge in [0.1, 0.15) is 28.9 Å². The SMILES string of the molecule is CCCCC(O)Nc1cncc(-c2cc3c(-c4nc5c(-c6ccc(C(C)=O)s6)nccc5[nH]4)n[nH]c3cc2F)c1. The molecule has 0 radical (unpaired) electrons. The first kappa shape index (κ1) is 25.8. The van der Waals surface area contributed by atoms with Gasteiger partial charge in [-0.25, -0.2) is 9.37 Å². The average molecular weight is 556 g/mol. The zero-order valence-corrected chi connectivity index (χ0v) is 22.6. The van der Waals surface area contributed by atoms with Crippen molar-refractivity contribution < 1.29 is 14.3 Å². The molecule has 1 unspecified atom stereocenters. The molecule has 40 heavy (non-hydrogen) atoms. The van der Waals surface area contributed by atoms with Gasteiger partial charge in [-0.05, 0) is 50.1 Å². The van der Waals surface area contributed by atoms with Crippen LogP contribution in [0, 0.1) is 5.82 Å². The van der Waals surface area contributed by atoms with Crippen molar-refractivity contribution in [2.75, 3.05) is 5.32 Å². The molecule has 1 aromatic carbocycles. The molecular formula is C29H26FN7O2S. The number of fused-ring (bicyclic) bond motifs is 2. The first-order valence-electron chi connectivity index (χ1n) is 12.9. The number of aliphatic hydroxyl groups excluding tert-OH is 1. The number of imidazole rings is 1. The molecule has 202 valence electrons. The lowest BCUT2D eigenvalue weighted by atomic mass is 10.0. The third-order valence-electron chi connectivity index (χ3n) is 6.68. The summed E-state index contributed by atoms with van der Waals surface area (Å²) in [4.78, 5) is 30.2. The summed E-state index contributed by atoms with van der Waals surface area (Å²) in [6, 6.07) is 10.4. The zero-order chi connectivity index (χ0) is 27.8. The summed E-state index contributed by atoms with van der Waals surface area (Å²) in [5.41, 5.74) is 4.66. The molecule has 6 rings (SSSR count). The van der Waals surface area contributed by atoms with Gasteiger partial charge in [0.15, 0.2) is 11.6 Å². The minimum Gasteiger partial charge on any atom is -0.374 e. The summed E-state index contributed by atoms with van der Waals surface area (Å²) >= 11 is 1.37. The number of nitrogens with one attached hydrogen (secondary N) is 3. The predicted octanol–water partition coefficient (Wildman–Crippen LogP) is 6.55. The Kier molecular flexibility index (Phi) is 6.82. The van der Waals surface area contributed by atoms with Crippen LogP contribution >= 0.6 is 11.3 Å². The minimum atomic E-state index is -0.708. The number of aromatic amines is 2. The number of rotatable bonds is 9. The summed E-state index contributed by atoms with van der Waals surface area (Å²) < 4.78 is 15.2. The highest BCUT2D eigenvalue weighted by atomic mass is 32.1. The lowest BCUT2D eigenvalue weighted by molar-refractivity contribution is 0.102. The number of unbranched alkanes of at least 4 members (excludes halogenated alkanes) is 1. The quantitative estimate of drug-likeness (QED) is 0.117. The third-order valence-corrected chi connectivity index (χ3v) is 7.87. The van der Waals surface area contributed by atoms with Gasteiger partial charge in [-0.1, -0.05) is 13.3 Å². The fraction of sp³-hybridized carbons (Fsp3) is 0.207. The van der Waals surface area contributed by atoms with Gasteiger partial charge in [0.05, 0.1) is 32.7 Å². The molecule has 9 nitrogen and oxygen atoms in total. The van der Waals surface area contributed by atoms with E-state index in [9.17, 15) is 9.90 Å². The highest BCUT2D eigenvalue weighted by molar-refractivity contribution is 7.17. The number of hydrogen-bond acceptors (Lipinski definition) is 8. The Morgan fingerprint density at radius 1 is 1.15 bits per heavy atom. The fourth-order valence-electron chi connectivity index (χ4n) is 4.65. The highest BCUT2D eigenvalue weighted by Gasteiger charge is 2.19. The summed E-state index contributed by atoms with van der Waals surface area (Å²) in [6.07, 6.45) is 6.65. The topological polar surface area (TPSA) is 132 Å². The number of anilines is 1. The number of hydrogen-bond donors (Lipinski definition) is 4. The summed E-state index contributed by atoms with van der Waals surface area (Å²) in [7, 11) is 0. The number of carbonyl (C=O) groups is 1. The van der Waals surface area contributed by atoms with Crippen LogP contribution in [0.15, 0.2) is 55.0 Å². The molecule has 0 fully saturated rings. The number of H-pyrrole nitrogens is 2. The molecule has 6 aromatic rings. The van der Waals surface area contributed by atoms with Gasteiger partial charge in [-0.15, -0.1) is 11.3 Å². The Morgan fingerprint density at radius 2 is 2.02 bits per heavy atom. The number of nitrogens with zero attached hydrogens (tertiary/aromatic N) is 4. The Balaban J connectivity index is 1.39. The van der Waals surface area contributed by atoms with E-state index in [2.05, 4.69) is 37.4 Å². The Morgan fingerprint density at radius 3 is 2.83 bits per heavy atom. The van der Waals surface area contributed by atoms with Gasteiger partial charge < -0.3 is 15.4 Å². The summed E-state index contributed by atoms with van der Waals surface area (Å²) in [5.74, 6) is 0.0774. The first-order chi connectivity index (χ1) is 19.4. The van der Waals surface area contributed by atoms with Crippen LogP contribution in [0.5, 0.6) is 0 Å². The molecule has 0 amide bonds. The van der Waals surface area contributed by atoms with Gasteiger partial charge in [0.25, 0.3) is 0 Å². The van der Waals surface area contributed by atoms with Crippen molar-refractivity contribution >= 4 is 44.7 Å². The number of halogens is 1. The van der Waals surface area contributed by atoms with Gasteiger partial charge in [0.2, 0.25) is 0 Å². The smallest absolute Gasteiger partial charge is 0.169 e. The molecule has 1 atom stereocenters. The maximum atomic E-state index is 15.2. The number of carbonyl (C=O) groups excluding carboxylic acids is 1. The van der Waals surface area contributed by atoms with Crippen molar-refractivity contribution in [2.45, 2.75) is 39.3 Å². The molecule has 0 bridgehead atoms. The largest absolute Gasteiger partial charge is 0.374 e. The maximum absolute atomic E-state index is 15.2. The van der Waals surface area contributed by atoms with E-state index in [0.29, 0.717) is 61.7 Å². The van der Waals surface area contributed by atoms with Crippen LogP contribution in [0.25, 0.3) is 55.2 Å². The number of Topliss-reactive ketones (excluding diaryl/α,β-unsaturated/α-hetero) is 1. The molecule has 11 heteroatoms. The van der Waals surface area contributed by atoms with Crippen LogP contribution in [0.3, 0.4) is 0 Å². The van der Waals surface area contributed by atoms with Crippen molar-refractivity contribution in [1.82, 2.24) is 30.1 Å². The molecule has 0 aliphatic rings. The number of thiophene rings is 1. The molecular weight excluding hydrogens is 529 g/mol. The normalized spacial score (nSPS) is 12.3. The van der Waals surface area contributed by atoms with Crippen LogP contribution in [0.1, 0.15) is 42.8 Å². The van der Waals surface area contributed by atoms with E-state index >= 15 is 4.39 Å². The maximum Gasteiger partial charge on any atom is 0.169 e. The van der Waals surface area contributed by atoms with Crippen molar-refractivity contribution in [3.8, 4) is 33.2 Å². The number of pyridine rings is 2. The summed E-state index contributed by atoms with van der Waals surface area (Å²) in [5, 5.41) is 21.3. The third kappa shape index (κ3) is 4.85. The molecule has 0 aliphatic carbocycles. The monoisotopic (exact) mass is 555 g/mol. The molecule has 5 aromatic heterocycles. The lowest BCUT2D eigenvalue weighted by Gasteiger charge is -2.14. The summed E-state index contributed by atoms with van der Waals surface area (Å²) in [6.45, 7) is 3.60. The van der Waals surface area contributed by atoms with Crippen LogP contribution in [0.2, 0.25) is 0 Å². The minimum absolute atomic E-state index is 0.00126. The molecule has 5 heterocycles. The van der Waals surface area contributed by atoms with Crippen LogP contribution in [-0.2, 0) is 0 Å². The second-order valence-electron chi connectivity index (χ2n) is 9.58. The van der Waals surface area contributed by atoms with E-state index in [4.69, 9.17) is 4.98 Å².